The normalized spacial score (nSPS) is 13.4. The molecule has 3 aromatic rings. The fourth-order valence-corrected chi connectivity index (χ4v) is 6.97. The standard InChI is InChI=1S/C39H56/c1-24-29(36(5,6)7)22-30(37(8,9)10)25(2)33(24)35(28-20-18-17-19-21-28)34-26(3)31(38(11,12)13)23-32(27(34)4)39(14,15)16/h17-23,35H,1-16H3. The molecule has 0 heterocycles. The van der Waals surface area contributed by atoms with Gasteiger partial charge in [0.1, 0.15) is 0 Å². The van der Waals surface area contributed by atoms with Crippen molar-refractivity contribution in [3.63, 3.8) is 0 Å². The molecule has 3 aromatic carbocycles. The Kier molecular flexibility index (Phi) is 8.19. The van der Waals surface area contributed by atoms with Gasteiger partial charge in [0.25, 0.3) is 0 Å². The van der Waals surface area contributed by atoms with Gasteiger partial charge in [0, 0.05) is 5.92 Å². The minimum atomic E-state index is 0.0572. The first-order valence-electron chi connectivity index (χ1n) is 14.9. The van der Waals surface area contributed by atoms with E-state index in [-0.39, 0.29) is 27.6 Å². The van der Waals surface area contributed by atoms with Gasteiger partial charge in [0.05, 0.1) is 0 Å². The highest BCUT2D eigenvalue weighted by atomic mass is 14.4. The van der Waals surface area contributed by atoms with E-state index in [4.69, 9.17) is 0 Å². The van der Waals surface area contributed by atoms with Crippen molar-refractivity contribution in [1.29, 1.82) is 0 Å². The summed E-state index contributed by atoms with van der Waals surface area (Å²) in [5.74, 6) is 0.165. The molecule has 0 amide bonds. The van der Waals surface area contributed by atoms with E-state index in [2.05, 4.69) is 153 Å². The van der Waals surface area contributed by atoms with Crippen LogP contribution in [-0.2, 0) is 21.7 Å². The van der Waals surface area contributed by atoms with Crippen LogP contribution in [-0.4, -0.2) is 0 Å². The van der Waals surface area contributed by atoms with Crippen LogP contribution in [0, 0.1) is 27.7 Å². The highest BCUT2D eigenvalue weighted by Crippen LogP contribution is 2.47. The predicted octanol–water partition coefficient (Wildman–Crippen LogP) is 11.3. The summed E-state index contributed by atoms with van der Waals surface area (Å²) in [6.45, 7) is 37.9. The van der Waals surface area contributed by atoms with Crippen LogP contribution in [0.5, 0.6) is 0 Å². The van der Waals surface area contributed by atoms with Crippen molar-refractivity contribution in [2.45, 2.75) is 138 Å². The van der Waals surface area contributed by atoms with Crippen molar-refractivity contribution in [3.05, 3.63) is 104 Å². The van der Waals surface area contributed by atoms with Crippen LogP contribution in [0.4, 0.5) is 0 Å². The van der Waals surface area contributed by atoms with E-state index in [9.17, 15) is 0 Å². The van der Waals surface area contributed by atoms with Crippen molar-refractivity contribution >= 4 is 0 Å². The van der Waals surface area contributed by atoms with Gasteiger partial charge in [0.2, 0.25) is 0 Å². The summed E-state index contributed by atoms with van der Waals surface area (Å²) in [7, 11) is 0. The fraction of sp³-hybridized carbons (Fsp3) is 0.538. The third-order valence-electron chi connectivity index (χ3n) is 8.75. The molecule has 0 nitrogen and oxygen atoms in total. The minimum Gasteiger partial charge on any atom is -0.0622 e. The molecule has 0 unspecified atom stereocenters. The molecule has 0 fully saturated rings. The average molecular weight is 525 g/mol. The Morgan fingerprint density at radius 2 is 0.667 bits per heavy atom. The SMILES string of the molecule is Cc1c(C(C)(C)C)cc(C(C)(C)C)c(C)c1C(c1ccccc1)c1c(C)c(C(C)(C)C)cc(C(C)(C)C)c1C. The molecule has 0 aliphatic rings. The van der Waals surface area contributed by atoms with Gasteiger partial charge in [-0.05, 0) is 111 Å². The number of benzene rings is 3. The van der Waals surface area contributed by atoms with Crippen molar-refractivity contribution in [2.75, 3.05) is 0 Å². The smallest absolute Gasteiger partial charge is 0.0350 e. The van der Waals surface area contributed by atoms with Crippen molar-refractivity contribution in [2.24, 2.45) is 0 Å². The first kappa shape index (κ1) is 31.2. The maximum absolute atomic E-state index is 2.52. The van der Waals surface area contributed by atoms with Gasteiger partial charge in [-0.1, -0.05) is 126 Å². The second-order valence-corrected chi connectivity index (χ2v) is 16.1. The zero-order chi connectivity index (χ0) is 29.9. The number of hydrogen-bond donors (Lipinski definition) is 0. The summed E-state index contributed by atoms with van der Waals surface area (Å²) >= 11 is 0. The third kappa shape index (κ3) is 6.06. The Balaban J connectivity index is 2.67. The van der Waals surface area contributed by atoms with E-state index in [1.165, 1.54) is 61.2 Å². The van der Waals surface area contributed by atoms with E-state index in [1.807, 2.05) is 0 Å². The molecule has 3 rings (SSSR count). The molecule has 0 aromatic heterocycles. The third-order valence-corrected chi connectivity index (χ3v) is 8.75. The molecule has 39 heavy (non-hydrogen) atoms. The first-order valence-corrected chi connectivity index (χ1v) is 14.9. The lowest BCUT2D eigenvalue weighted by Gasteiger charge is -2.37. The van der Waals surface area contributed by atoms with E-state index in [1.54, 1.807) is 0 Å². The van der Waals surface area contributed by atoms with Gasteiger partial charge in [-0.2, -0.15) is 0 Å². The van der Waals surface area contributed by atoms with Crippen LogP contribution in [0.15, 0.2) is 42.5 Å². The summed E-state index contributed by atoms with van der Waals surface area (Å²) in [6, 6.07) is 16.3. The van der Waals surface area contributed by atoms with Gasteiger partial charge < -0.3 is 0 Å². The zero-order valence-corrected chi connectivity index (χ0v) is 28.1. The maximum atomic E-state index is 2.52. The number of rotatable bonds is 3. The van der Waals surface area contributed by atoms with Crippen LogP contribution in [0.25, 0.3) is 0 Å². The molecule has 0 spiro atoms. The van der Waals surface area contributed by atoms with Gasteiger partial charge in [0.15, 0.2) is 0 Å². The molecular formula is C39H56. The Labute approximate surface area is 241 Å². The lowest BCUT2D eigenvalue weighted by molar-refractivity contribution is 0.557. The molecule has 0 heteroatoms. The summed E-state index contributed by atoms with van der Waals surface area (Å²) in [5.41, 5.74) is 16.2. The summed E-state index contributed by atoms with van der Waals surface area (Å²) in [5, 5.41) is 0. The van der Waals surface area contributed by atoms with E-state index in [0.29, 0.717) is 0 Å². The quantitative estimate of drug-likeness (QED) is 0.299. The Bertz CT molecular complexity index is 1170. The fourth-order valence-electron chi connectivity index (χ4n) is 6.97. The first-order chi connectivity index (χ1) is 17.6. The largest absolute Gasteiger partial charge is 0.0622 e. The lowest BCUT2D eigenvalue weighted by Crippen LogP contribution is -2.25. The van der Waals surface area contributed by atoms with Gasteiger partial charge in [-0.3, -0.25) is 0 Å². The minimum absolute atomic E-state index is 0.0572. The van der Waals surface area contributed by atoms with Crippen LogP contribution in [0.2, 0.25) is 0 Å². The van der Waals surface area contributed by atoms with Gasteiger partial charge >= 0.3 is 0 Å². The molecule has 0 aliphatic heterocycles. The molecule has 0 aliphatic carbocycles. The number of hydrogen-bond acceptors (Lipinski definition) is 0. The van der Waals surface area contributed by atoms with E-state index < -0.39 is 0 Å². The monoisotopic (exact) mass is 524 g/mol. The maximum Gasteiger partial charge on any atom is 0.0350 e. The van der Waals surface area contributed by atoms with Crippen LogP contribution in [0.1, 0.15) is 150 Å². The van der Waals surface area contributed by atoms with Gasteiger partial charge in [-0.25, -0.2) is 0 Å². The zero-order valence-electron chi connectivity index (χ0n) is 28.1. The van der Waals surface area contributed by atoms with Crippen LogP contribution < -0.4 is 0 Å². The van der Waals surface area contributed by atoms with E-state index >= 15 is 0 Å². The molecule has 0 radical (unpaired) electrons. The average Bonchev–Trinajstić information content (AvgIpc) is 2.75. The second kappa shape index (κ2) is 10.2. The second-order valence-electron chi connectivity index (χ2n) is 16.1. The summed E-state index contributed by atoms with van der Waals surface area (Å²) < 4.78 is 0. The van der Waals surface area contributed by atoms with Crippen molar-refractivity contribution in [3.8, 4) is 0 Å². The predicted molar refractivity (Wildman–Crippen MR) is 174 cm³/mol. The highest BCUT2D eigenvalue weighted by molar-refractivity contribution is 5.62. The molecule has 0 atom stereocenters. The molecule has 0 N–H and O–H groups in total. The lowest BCUT2D eigenvalue weighted by atomic mass is 9.67. The Morgan fingerprint density at radius 3 is 0.897 bits per heavy atom. The van der Waals surface area contributed by atoms with Gasteiger partial charge in [-0.15, -0.1) is 0 Å². The van der Waals surface area contributed by atoms with Crippen LogP contribution in [0.3, 0.4) is 0 Å². The summed E-state index contributed by atoms with van der Waals surface area (Å²) in [6.07, 6.45) is 0. The Hall–Kier alpha value is -2.34. The molecule has 0 saturated carbocycles. The summed E-state index contributed by atoms with van der Waals surface area (Å²) in [4.78, 5) is 0. The molecular weight excluding hydrogens is 468 g/mol. The molecule has 212 valence electrons. The molecule has 0 saturated heterocycles. The van der Waals surface area contributed by atoms with E-state index in [0.717, 1.165) is 0 Å². The molecule has 0 bridgehead atoms. The van der Waals surface area contributed by atoms with Crippen molar-refractivity contribution in [1.82, 2.24) is 0 Å². The Morgan fingerprint density at radius 1 is 0.410 bits per heavy atom. The topological polar surface area (TPSA) is 0 Å². The van der Waals surface area contributed by atoms with Crippen LogP contribution >= 0.6 is 0 Å². The van der Waals surface area contributed by atoms with Crippen molar-refractivity contribution < 1.29 is 0 Å². The highest BCUT2D eigenvalue weighted by Gasteiger charge is 2.34.